The molecule has 0 aliphatic carbocycles. The van der Waals surface area contributed by atoms with Crippen molar-refractivity contribution in [2.45, 2.75) is 12.8 Å². The molecule has 1 amide bonds. The second kappa shape index (κ2) is 8.56. The second-order valence-corrected chi connectivity index (χ2v) is 5.48. The van der Waals surface area contributed by atoms with E-state index >= 15 is 0 Å². The standard InChI is InChI=1S/C18H20N2O2.ClH/c21-18(14-6-5-11-19-13-14)20-15-7-4-10-17(12-15)22-16-8-2-1-3-9-16;/h1-4,7-10,12,14,19H,5-6,11,13H2,(H,20,21);1H. The second-order valence-electron chi connectivity index (χ2n) is 5.48. The molecule has 0 saturated carbocycles. The van der Waals surface area contributed by atoms with Crippen LogP contribution in [0.5, 0.6) is 11.5 Å². The molecular weight excluding hydrogens is 312 g/mol. The lowest BCUT2D eigenvalue weighted by Crippen LogP contribution is -2.37. The van der Waals surface area contributed by atoms with Crippen molar-refractivity contribution in [2.75, 3.05) is 18.4 Å². The van der Waals surface area contributed by atoms with Crippen LogP contribution in [0.15, 0.2) is 54.6 Å². The Morgan fingerprint density at radius 1 is 1.09 bits per heavy atom. The number of rotatable bonds is 4. The Morgan fingerprint density at radius 2 is 1.87 bits per heavy atom. The van der Waals surface area contributed by atoms with Crippen LogP contribution >= 0.6 is 12.4 Å². The van der Waals surface area contributed by atoms with E-state index in [1.165, 1.54) is 0 Å². The molecule has 4 nitrogen and oxygen atoms in total. The molecule has 5 heteroatoms. The third-order valence-corrected chi connectivity index (χ3v) is 3.75. The third-order valence-electron chi connectivity index (χ3n) is 3.75. The minimum Gasteiger partial charge on any atom is -0.457 e. The maximum absolute atomic E-state index is 12.2. The zero-order valence-corrected chi connectivity index (χ0v) is 13.6. The highest BCUT2D eigenvalue weighted by Gasteiger charge is 2.20. The number of carbonyl (C=O) groups is 1. The zero-order valence-electron chi connectivity index (χ0n) is 12.8. The molecule has 1 saturated heterocycles. The zero-order chi connectivity index (χ0) is 15.2. The Balaban J connectivity index is 0.00000192. The van der Waals surface area contributed by atoms with Gasteiger partial charge in [0.05, 0.1) is 5.92 Å². The van der Waals surface area contributed by atoms with Crippen LogP contribution in [0.1, 0.15) is 12.8 Å². The van der Waals surface area contributed by atoms with Gasteiger partial charge < -0.3 is 15.4 Å². The summed E-state index contributed by atoms with van der Waals surface area (Å²) >= 11 is 0. The number of para-hydroxylation sites is 1. The molecule has 3 rings (SSSR count). The molecule has 1 unspecified atom stereocenters. The molecule has 122 valence electrons. The third kappa shape index (κ3) is 4.98. The summed E-state index contributed by atoms with van der Waals surface area (Å²) in [5.41, 5.74) is 0.768. The van der Waals surface area contributed by atoms with Crippen molar-refractivity contribution in [3.8, 4) is 11.5 Å². The number of hydrogen-bond donors (Lipinski definition) is 2. The Morgan fingerprint density at radius 3 is 2.61 bits per heavy atom. The van der Waals surface area contributed by atoms with E-state index in [0.717, 1.165) is 37.4 Å². The predicted octanol–water partition coefficient (Wildman–Crippen LogP) is 3.84. The van der Waals surface area contributed by atoms with Crippen molar-refractivity contribution in [3.05, 3.63) is 54.6 Å². The van der Waals surface area contributed by atoms with E-state index < -0.39 is 0 Å². The number of carbonyl (C=O) groups excluding carboxylic acids is 1. The number of hydrogen-bond acceptors (Lipinski definition) is 3. The summed E-state index contributed by atoms with van der Waals surface area (Å²) in [4.78, 5) is 12.2. The van der Waals surface area contributed by atoms with Gasteiger partial charge in [-0.05, 0) is 43.7 Å². The first-order valence-electron chi connectivity index (χ1n) is 7.66. The van der Waals surface area contributed by atoms with E-state index in [4.69, 9.17) is 4.74 Å². The minimum atomic E-state index is 0. The Kier molecular flexibility index (Phi) is 6.44. The molecule has 1 aliphatic rings. The lowest BCUT2D eigenvalue weighted by molar-refractivity contribution is -0.120. The molecule has 1 fully saturated rings. The molecule has 0 bridgehead atoms. The highest BCUT2D eigenvalue weighted by molar-refractivity contribution is 5.92. The van der Waals surface area contributed by atoms with Gasteiger partial charge in [-0.1, -0.05) is 24.3 Å². The van der Waals surface area contributed by atoms with Crippen molar-refractivity contribution < 1.29 is 9.53 Å². The maximum atomic E-state index is 12.2. The Labute approximate surface area is 142 Å². The van der Waals surface area contributed by atoms with Gasteiger partial charge in [0.2, 0.25) is 5.91 Å². The van der Waals surface area contributed by atoms with Gasteiger partial charge in [-0.3, -0.25) is 4.79 Å². The van der Waals surface area contributed by atoms with Gasteiger partial charge in [-0.15, -0.1) is 12.4 Å². The van der Waals surface area contributed by atoms with E-state index in [1.54, 1.807) is 0 Å². The topological polar surface area (TPSA) is 50.4 Å². The first-order valence-corrected chi connectivity index (χ1v) is 7.66. The lowest BCUT2D eigenvalue weighted by Gasteiger charge is -2.22. The van der Waals surface area contributed by atoms with Crippen molar-refractivity contribution >= 4 is 24.0 Å². The van der Waals surface area contributed by atoms with Gasteiger partial charge in [0, 0.05) is 18.3 Å². The molecule has 0 radical (unpaired) electrons. The number of amides is 1. The average molecular weight is 333 g/mol. The van der Waals surface area contributed by atoms with E-state index in [9.17, 15) is 4.79 Å². The van der Waals surface area contributed by atoms with Crippen molar-refractivity contribution in [2.24, 2.45) is 5.92 Å². The average Bonchev–Trinajstić information content (AvgIpc) is 2.57. The van der Waals surface area contributed by atoms with Gasteiger partial charge in [-0.25, -0.2) is 0 Å². The van der Waals surface area contributed by atoms with Crippen LogP contribution in [0.4, 0.5) is 5.69 Å². The predicted molar refractivity (Wildman–Crippen MR) is 94.4 cm³/mol. The van der Waals surface area contributed by atoms with E-state index in [2.05, 4.69) is 10.6 Å². The van der Waals surface area contributed by atoms with Crippen LogP contribution in [0.3, 0.4) is 0 Å². The molecule has 2 aromatic carbocycles. The molecule has 1 heterocycles. The number of anilines is 1. The summed E-state index contributed by atoms with van der Waals surface area (Å²) in [7, 11) is 0. The van der Waals surface area contributed by atoms with Crippen LogP contribution in [0.2, 0.25) is 0 Å². The summed E-state index contributed by atoms with van der Waals surface area (Å²) < 4.78 is 5.78. The van der Waals surface area contributed by atoms with E-state index in [1.807, 2.05) is 54.6 Å². The smallest absolute Gasteiger partial charge is 0.228 e. The van der Waals surface area contributed by atoms with Crippen LogP contribution < -0.4 is 15.4 Å². The minimum absolute atomic E-state index is 0. The van der Waals surface area contributed by atoms with Gasteiger partial charge in [-0.2, -0.15) is 0 Å². The number of halogens is 1. The molecule has 2 N–H and O–H groups in total. The van der Waals surface area contributed by atoms with Gasteiger partial charge >= 0.3 is 0 Å². The maximum Gasteiger partial charge on any atom is 0.228 e. The highest BCUT2D eigenvalue weighted by Crippen LogP contribution is 2.24. The fourth-order valence-electron chi connectivity index (χ4n) is 2.58. The summed E-state index contributed by atoms with van der Waals surface area (Å²) in [6.07, 6.45) is 1.99. The first kappa shape index (κ1) is 17.3. The Bertz CT molecular complexity index is 628. The van der Waals surface area contributed by atoms with Gasteiger partial charge in [0.15, 0.2) is 0 Å². The van der Waals surface area contributed by atoms with Gasteiger partial charge in [0.25, 0.3) is 0 Å². The molecule has 23 heavy (non-hydrogen) atoms. The number of ether oxygens (including phenoxy) is 1. The monoisotopic (exact) mass is 332 g/mol. The quantitative estimate of drug-likeness (QED) is 0.894. The summed E-state index contributed by atoms with van der Waals surface area (Å²) in [5.74, 6) is 1.62. The van der Waals surface area contributed by atoms with Crippen molar-refractivity contribution in [1.82, 2.24) is 5.32 Å². The molecular formula is C18H21ClN2O2. The first-order chi connectivity index (χ1) is 10.8. The number of benzene rings is 2. The lowest BCUT2D eigenvalue weighted by atomic mass is 9.99. The highest BCUT2D eigenvalue weighted by atomic mass is 35.5. The largest absolute Gasteiger partial charge is 0.457 e. The summed E-state index contributed by atoms with van der Waals surface area (Å²) in [6, 6.07) is 17.1. The molecule has 2 aromatic rings. The molecule has 0 aromatic heterocycles. The number of piperidine rings is 1. The van der Waals surface area contributed by atoms with Crippen LogP contribution in [-0.2, 0) is 4.79 Å². The SMILES string of the molecule is Cl.O=C(Nc1cccc(Oc2ccccc2)c1)C1CCCNC1. The fraction of sp³-hybridized carbons (Fsp3) is 0.278. The summed E-state index contributed by atoms with van der Waals surface area (Å²) in [6.45, 7) is 1.76. The van der Waals surface area contributed by atoms with Crippen molar-refractivity contribution in [1.29, 1.82) is 0 Å². The van der Waals surface area contributed by atoms with Crippen LogP contribution in [0, 0.1) is 5.92 Å². The van der Waals surface area contributed by atoms with Crippen molar-refractivity contribution in [3.63, 3.8) is 0 Å². The normalized spacial score (nSPS) is 17.0. The van der Waals surface area contributed by atoms with E-state index in [0.29, 0.717) is 5.75 Å². The molecule has 1 aliphatic heterocycles. The van der Waals surface area contributed by atoms with Crippen LogP contribution in [0.25, 0.3) is 0 Å². The summed E-state index contributed by atoms with van der Waals surface area (Å²) in [5, 5.41) is 6.24. The van der Waals surface area contributed by atoms with Gasteiger partial charge in [0.1, 0.15) is 11.5 Å². The molecule has 1 atom stereocenters. The fourth-order valence-corrected chi connectivity index (χ4v) is 2.58. The number of nitrogens with one attached hydrogen (secondary N) is 2. The van der Waals surface area contributed by atoms with Crippen LogP contribution in [-0.4, -0.2) is 19.0 Å². The van der Waals surface area contributed by atoms with E-state index in [-0.39, 0.29) is 24.2 Å². The molecule has 0 spiro atoms. The Hall–Kier alpha value is -2.04.